The summed E-state index contributed by atoms with van der Waals surface area (Å²) < 4.78 is 38.1. The van der Waals surface area contributed by atoms with E-state index >= 15 is 0 Å². The average molecular weight is 309 g/mol. The first-order valence-corrected chi connectivity index (χ1v) is 7.57. The first-order chi connectivity index (χ1) is 10.4. The summed E-state index contributed by atoms with van der Waals surface area (Å²) in [5.41, 5.74) is 2.76. The summed E-state index contributed by atoms with van der Waals surface area (Å²) in [6.07, 6.45) is -0.0836. The van der Waals surface area contributed by atoms with Crippen LogP contribution in [-0.4, -0.2) is 23.9 Å². The minimum absolute atomic E-state index is 0.0375. The lowest BCUT2D eigenvalue weighted by Gasteiger charge is -2.28. The molecule has 22 heavy (non-hydrogen) atoms. The van der Waals surface area contributed by atoms with Crippen molar-refractivity contribution in [2.24, 2.45) is 0 Å². The van der Waals surface area contributed by atoms with E-state index in [4.69, 9.17) is 0 Å². The Hall–Kier alpha value is -1.78. The zero-order chi connectivity index (χ0) is 15.7. The van der Waals surface area contributed by atoms with Crippen molar-refractivity contribution in [3.8, 4) is 0 Å². The molecule has 1 saturated heterocycles. The van der Waals surface area contributed by atoms with Crippen LogP contribution in [0.15, 0.2) is 35.4 Å². The van der Waals surface area contributed by atoms with E-state index in [9.17, 15) is 18.0 Å². The molecule has 2 fully saturated rings. The third kappa shape index (κ3) is 3.51. The summed E-state index contributed by atoms with van der Waals surface area (Å²) in [5, 5.41) is 0. The summed E-state index contributed by atoms with van der Waals surface area (Å²) in [6, 6.07) is 5.04. The Morgan fingerprint density at radius 1 is 1.05 bits per heavy atom. The summed E-state index contributed by atoms with van der Waals surface area (Å²) in [7, 11) is 0. The SMILES string of the molecule is O=C(Cc1cccc(C(F)(F)F)c1)N1CCC(=C2CC2)CC1. The molecule has 0 atom stereocenters. The predicted molar refractivity (Wildman–Crippen MR) is 77.2 cm³/mol. The monoisotopic (exact) mass is 309 g/mol. The van der Waals surface area contributed by atoms with E-state index in [1.165, 1.54) is 24.5 Å². The van der Waals surface area contributed by atoms with Crippen LogP contribution < -0.4 is 0 Å². The van der Waals surface area contributed by atoms with Crippen LogP contribution in [0.5, 0.6) is 0 Å². The maximum atomic E-state index is 12.7. The number of allylic oxidation sites excluding steroid dienone is 1. The molecule has 0 spiro atoms. The van der Waals surface area contributed by atoms with Crippen LogP contribution in [0.3, 0.4) is 0 Å². The highest BCUT2D eigenvalue weighted by Crippen LogP contribution is 2.36. The molecular weight excluding hydrogens is 291 g/mol. The first-order valence-electron chi connectivity index (χ1n) is 7.57. The number of alkyl halides is 3. The normalized spacial score (nSPS) is 18.6. The van der Waals surface area contributed by atoms with E-state index in [-0.39, 0.29) is 12.3 Å². The molecule has 1 aromatic rings. The molecular formula is C17H18F3NO. The second-order valence-electron chi connectivity index (χ2n) is 5.96. The van der Waals surface area contributed by atoms with Crippen LogP contribution in [-0.2, 0) is 17.4 Å². The summed E-state index contributed by atoms with van der Waals surface area (Å²) in [4.78, 5) is 14.0. The third-order valence-corrected chi connectivity index (χ3v) is 4.33. The molecule has 0 unspecified atom stereocenters. The number of likely N-dealkylation sites (tertiary alicyclic amines) is 1. The molecule has 1 aliphatic heterocycles. The van der Waals surface area contributed by atoms with Gasteiger partial charge in [-0.2, -0.15) is 13.2 Å². The molecule has 1 aliphatic carbocycles. The van der Waals surface area contributed by atoms with Crippen molar-refractivity contribution in [3.05, 3.63) is 46.5 Å². The van der Waals surface area contributed by atoms with Crippen LogP contribution in [0.1, 0.15) is 36.8 Å². The van der Waals surface area contributed by atoms with E-state index in [2.05, 4.69) is 0 Å². The number of hydrogen-bond donors (Lipinski definition) is 0. The van der Waals surface area contributed by atoms with Crippen LogP contribution in [0.25, 0.3) is 0 Å². The van der Waals surface area contributed by atoms with Gasteiger partial charge in [0.05, 0.1) is 12.0 Å². The van der Waals surface area contributed by atoms with Crippen LogP contribution in [0.2, 0.25) is 0 Å². The molecule has 0 bridgehead atoms. The maximum Gasteiger partial charge on any atom is 0.416 e. The van der Waals surface area contributed by atoms with Gasteiger partial charge in [-0.15, -0.1) is 0 Å². The van der Waals surface area contributed by atoms with Gasteiger partial charge in [0.1, 0.15) is 0 Å². The summed E-state index contributed by atoms with van der Waals surface area (Å²) in [5.74, 6) is -0.0841. The highest BCUT2D eigenvalue weighted by molar-refractivity contribution is 5.79. The largest absolute Gasteiger partial charge is 0.416 e. The molecule has 0 radical (unpaired) electrons. The van der Waals surface area contributed by atoms with E-state index in [1.54, 1.807) is 16.5 Å². The highest BCUT2D eigenvalue weighted by atomic mass is 19.4. The molecule has 1 saturated carbocycles. The first kappa shape index (κ1) is 15.1. The van der Waals surface area contributed by atoms with Gasteiger partial charge in [-0.25, -0.2) is 0 Å². The molecule has 0 aromatic heterocycles. The van der Waals surface area contributed by atoms with Crippen LogP contribution in [0.4, 0.5) is 13.2 Å². The predicted octanol–water partition coefficient (Wildman–Crippen LogP) is 3.96. The number of carbonyl (C=O) groups excluding carboxylic acids is 1. The van der Waals surface area contributed by atoms with Crippen molar-refractivity contribution in [3.63, 3.8) is 0 Å². The van der Waals surface area contributed by atoms with Gasteiger partial charge < -0.3 is 4.90 Å². The minimum atomic E-state index is -4.37. The summed E-state index contributed by atoms with van der Waals surface area (Å²) in [6.45, 7) is 1.38. The molecule has 2 nitrogen and oxygen atoms in total. The molecule has 1 heterocycles. The van der Waals surface area contributed by atoms with Crippen molar-refractivity contribution in [1.82, 2.24) is 4.90 Å². The Morgan fingerprint density at radius 3 is 2.27 bits per heavy atom. The second kappa shape index (κ2) is 5.78. The van der Waals surface area contributed by atoms with Crippen molar-refractivity contribution in [1.29, 1.82) is 0 Å². The Labute approximate surface area is 127 Å². The molecule has 118 valence electrons. The Bertz CT molecular complexity index is 603. The fourth-order valence-corrected chi connectivity index (χ4v) is 2.94. The van der Waals surface area contributed by atoms with E-state index < -0.39 is 11.7 Å². The number of amides is 1. The number of nitrogens with zero attached hydrogens (tertiary/aromatic N) is 1. The van der Waals surface area contributed by atoms with Crippen molar-refractivity contribution in [2.75, 3.05) is 13.1 Å². The lowest BCUT2D eigenvalue weighted by Crippen LogP contribution is -2.37. The molecule has 0 N–H and O–H groups in total. The molecule has 2 aliphatic rings. The summed E-state index contributed by atoms with van der Waals surface area (Å²) >= 11 is 0. The molecule has 1 aromatic carbocycles. The number of carbonyl (C=O) groups is 1. The van der Waals surface area contributed by atoms with Gasteiger partial charge in [-0.05, 0) is 37.3 Å². The Balaban J connectivity index is 1.61. The van der Waals surface area contributed by atoms with Gasteiger partial charge in [-0.3, -0.25) is 4.79 Å². The van der Waals surface area contributed by atoms with E-state index in [0.717, 1.165) is 25.0 Å². The van der Waals surface area contributed by atoms with Gasteiger partial charge in [-0.1, -0.05) is 29.3 Å². The van der Waals surface area contributed by atoms with Crippen molar-refractivity contribution >= 4 is 5.91 Å². The Kier molecular flexibility index (Phi) is 3.98. The molecule has 5 heteroatoms. The third-order valence-electron chi connectivity index (χ3n) is 4.33. The van der Waals surface area contributed by atoms with Gasteiger partial charge in [0.2, 0.25) is 5.91 Å². The zero-order valence-electron chi connectivity index (χ0n) is 12.2. The minimum Gasteiger partial charge on any atom is -0.342 e. The van der Waals surface area contributed by atoms with Gasteiger partial charge in [0, 0.05) is 13.1 Å². The van der Waals surface area contributed by atoms with Gasteiger partial charge >= 0.3 is 6.18 Å². The zero-order valence-corrected chi connectivity index (χ0v) is 12.2. The maximum absolute atomic E-state index is 12.7. The second-order valence-corrected chi connectivity index (χ2v) is 5.96. The number of benzene rings is 1. The highest BCUT2D eigenvalue weighted by Gasteiger charge is 2.30. The average Bonchev–Trinajstić information content (AvgIpc) is 3.31. The number of halogens is 3. The Morgan fingerprint density at radius 2 is 1.68 bits per heavy atom. The van der Waals surface area contributed by atoms with Crippen molar-refractivity contribution < 1.29 is 18.0 Å². The topological polar surface area (TPSA) is 20.3 Å². The van der Waals surface area contributed by atoms with Crippen LogP contribution in [0, 0.1) is 0 Å². The van der Waals surface area contributed by atoms with Crippen LogP contribution >= 0.6 is 0 Å². The lowest BCUT2D eigenvalue weighted by atomic mass is 10.0. The quantitative estimate of drug-likeness (QED) is 0.757. The number of piperidine rings is 1. The smallest absolute Gasteiger partial charge is 0.342 e. The van der Waals surface area contributed by atoms with E-state index in [0.29, 0.717) is 18.7 Å². The standard InChI is InChI=1S/C17H18F3NO/c18-17(19,20)15-3-1-2-12(10-15)11-16(22)21-8-6-14(7-9-21)13-4-5-13/h1-3,10H,4-9,11H2. The van der Waals surface area contributed by atoms with E-state index in [1.807, 2.05) is 0 Å². The van der Waals surface area contributed by atoms with Gasteiger partial charge in [0.15, 0.2) is 0 Å². The fourth-order valence-electron chi connectivity index (χ4n) is 2.94. The molecule has 3 rings (SSSR count). The lowest BCUT2D eigenvalue weighted by molar-refractivity contribution is -0.138. The number of hydrogen-bond acceptors (Lipinski definition) is 1. The number of rotatable bonds is 2. The fraction of sp³-hybridized carbons (Fsp3) is 0.471. The van der Waals surface area contributed by atoms with Crippen molar-refractivity contribution in [2.45, 2.75) is 38.3 Å². The molecule has 1 amide bonds. The van der Waals surface area contributed by atoms with Gasteiger partial charge in [0.25, 0.3) is 0 Å².